The Morgan fingerprint density at radius 2 is 1.60 bits per heavy atom. The van der Waals surface area contributed by atoms with Crippen molar-refractivity contribution in [3.8, 4) is 11.5 Å². The molecule has 0 saturated carbocycles. The van der Waals surface area contributed by atoms with Gasteiger partial charge in [-0.1, -0.05) is 18.2 Å². The van der Waals surface area contributed by atoms with Crippen LogP contribution in [0.1, 0.15) is 11.1 Å². The molecule has 158 valence electrons. The van der Waals surface area contributed by atoms with Gasteiger partial charge in [-0.2, -0.15) is 13.2 Å². The largest absolute Gasteiger partial charge is 0.504 e. The van der Waals surface area contributed by atoms with Crippen LogP contribution in [0.3, 0.4) is 0 Å². The molecule has 0 aliphatic carbocycles. The molecule has 1 aliphatic heterocycles. The predicted octanol–water partition coefficient (Wildman–Crippen LogP) is 1.93. The normalized spacial score (nSPS) is 14.6. The maximum atomic E-state index is 12.3. The molecule has 2 aromatic carbocycles. The van der Waals surface area contributed by atoms with Crippen LogP contribution in [0.2, 0.25) is 0 Å². The lowest BCUT2D eigenvalue weighted by molar-refractivity contribution is -0.171. The van der Waals surface area contributed by atoms with Crippen LogP contribution in [-0.2, 0) is 24.3 Å². The van der Waals surface area contributed by atoms with Gasteiger partial charge in [-0.05, 0) is 35.4 Å². The number of phenols is 2. The van der Waals surface area contributed by atoms with Crippen molar-refractivity contribution < 1.29 is 46.1 Å². The number of halogens is 3. The molecule has 0 spiro atoms. The highest BCUT2D eigenvalue weighted by Gasteiger charge is 2.41. The Labute approximate surface area is 167 Å². The summed E-state index contributed by atoms with van der Waals surface area (Å²) >= 11 is 0. The molecule has 0 atom stereocenters. The van der Waals surface area contributed by atoms with Gasteiger partial charge in [-0.15, -0.1) is 0 Å². The molecule has 12 heteroatoms. The molecule has 1 heterocycles. The Kier molecular flexibility index (Phi) is 5.20. The van der Waals surface area contributed by atoms with Gasteiger partial charge in [-0.25, -0.2) is 17.9 Å². The summed E-state index contributed by atoms with van der Waals surface area (Å²) in [5, 5.41) is 19.1. The number of cyclic esters (lactones) is 1. The van der Waals surface area contributed by atoms with Crippen LogP contribution >= 0.6 is 0 Å². The average molecular weight is 443 g/mol. The third-order valence-corrected chi connectivity index (χ3v) is 5.46. The van der Waals surface area contributed by atoms with Gasteiger partial charge < -0.3 is 14.9 Å². The number of benzene rings is 2. The van der Waals surface area contributed by atoms with Crippen LogP contribution in [0.25, 0.3) is 11.1 Å². The first-order valence-corrected chi connectivity index (χ1v) is 9.55. The fraction of sp³-hybridized carbons (Fsp3) is 0.111. The second-order valence-corrected chi connectivity index (χ2v) is 7.77. The smallest absolute Gasteiger partial charge is 0.472 e. The van der Waals surface area contributed by atoms with Gasteiger partial charge in [0, 0.05) is 5.57 Å². The van der Waals surface area contributed by atoms with Gasteiger partial charge in [0.25, 0.3) is 10.0 Å². The second kappa shape index (κ2) is 7.37. The first-order valence-electron chi connectivity index (χ1n) is 8.07. The molecule has 0 fully saturated rings. The fourth-order valence-corrected chi connectivity index (χ4v) is 3.65. The number of phenolic OH excluding ortho intramolecular Hbond substituents is 2. The van der Waals surface area contributed by atoms with Crippen LogP contribution in [0.5, 0.6) is 11.5 Å². The molecule has 0 saturated heterocycles. The summed E-state index contributed by atoms with van der Waals surface area (Å²) in [4.78, 5) is 22.4. The Morgan fingerprint density at radius 1 is 1.00 bits per heavy atom. The minimum Gasteiger partial charge on any atom is -0.504 e. The zero-order valence-corrected chi connectivity index (χ0v) is 15.5. The number of esters is 1. The Balaban J connectivity index is 1.97. The van der Waals surface area contributed by atoms with Crippen molar-refractivity contribution in [3.05, 3.63) is 53.6 Å². The van der Waals surface area contributed by atoms with Gasteiger partial charge in [0.2, 0.25) is 0 Å². The van der Waals surface area contributed by atoms with Crippen molar-refractivity contribution >= 4 is 33.0 Å². The highest BCUT2D eigenvalue weighted by molar-refractivity contribution is 7.90. The van der Waals surface area contributed by atoms with E-state index in [9.17, 15) is 41.4 Å². The zero-order chi connectivity index (χ0) is 22.3. The molecule has 1 aliphatic rings. The van der Waals surface area contributed by atoms with Crippen molar-refractivity contribution in [2.45, 2.75) is 11.1 Å². The number of hydrogen-bond donors (Lipinski definition) is 3. The second-order valence-electron chi connectivity index (χ2n) is 6.09. The van der Waals surface area contributed by atoms with Gasteiger partial charge in [-0.3, -0.25) is 4.79 Å². The number of ether oxygens (including phenoxy) is 1. The van der Waals surface area contributed by atoms with Crippen LogP contribution in [0.15, 0.2) is 47.4 Å². The Morgan fingerprint density at radius 3 is 2.17 bits per heavy atom. The minimum atomic E-state index is -5.38. The molecule has 1 amide bonds. The number of amides is 1. The van der Waals surface area contributed by atoms with E-state index >= 15 is 0 Å². The summed E-state index contributed by atoms with van der Waals surface area (Å²) in [5.41, 5.74) is 0.945. The fourth-order valence-electron chi connectivity index (χ4n) is 2.68. The molecule has 8 nitrogen and oxygen atoms in total. The third-order valence-electron chi connectivity index (χ3n) is 4.12. The van der Waals surface area contributed by atoms with E-state index in [1.807, 2.05) is 0 Å². The minimum absolute atomic E-state index is 0.0448. The van der Waals surface area contributed by atoms with Crippen molar-refractivity contribution in [1.82, 2.24) is 4.72 Å². The van der Waals surface area contributed by atoms with Crippen molar-refractivity contribution in [1.29, 1.82) is 0 Å². The highest BCUT2D eigenvalue weighted by atomic mass is 32.2. The standard InChI is InChI=1S/C18H12F3NO7S/c19-18(20,21)17(26)22-30(27,28)11-4-1-9(2-5-11)15-12(8-29-16(15)25)10-3-6-13(23)14(24)7-10/h1-7,23-24H,8H2,(H,22,26). The van der Waals surface area contributed by atoms with E-state index in [-0.39, 0.29) is 23.5 Å². The topological polar surface area (TPSA) is 130 Å². The number of rotatable bonds is 4. The number of nitrogens with one attached hydrogen (secondary N) is 1. The lowest BCUT2D eigenvalue weighted by Gasteiger charge is -2.10. The molecule has 2 aromatic rings. The van der Waals surface area contributed by atoms with E-state index in [4.69, 9.17) is 4.74 Å². The molecular formula is C18H12F3NO7S. The average Bonchev–Trinajstić information content (AvgIpc) is 3.04. The maximum absolute atomic E-state index is 12.3. The molecule has 0 unspecified atom stereocenters. The number of hydrogen-bond acceptors (Lipinski definition) is 7. The summed E-state index contributed by atoms with van der Waals surface area (Å²) in [5.74, 6) is -4.18. The molecule has 0 bridgehead atoms. The lowest BCUT2D eigenvalue weighted by atomic mass is 9.96. The number of alkyl halides is 3. The summed E-state index contributed by atoms with van der Waals surface area (Å²) < 4.78 is 66.7. The van der Waals surface area contributed by atoms with Crippen molar-refractivity contribution in [2.75, 3.05) is 6.61 Å². The molecule has 3 N–H and O–H groups in total. The van der Waals surface area contributed by atoms with Crippen LogP contribution < -0.4 is 4.72 Å². The van der Waals surface area contributed by atoms with E-state index in [0.717, 1.165) is 29.0 Å². The number of carbonyl (C=O) groups is 2. The Bertz CT molecular complexity index is 1170. The first kappa shape index (κ1) is 21.2. The first-order chi connectivity index (χ1) is 13.9. The molecule has 3 rings (SSSR count). The van der Waals surface area contributed by atoms with Crippen LogP contribution in [0.4, 0.5) is 13.2 Å². The third kappa shape index (κ3) is 4.08. The zero-order valence-electron chi connectivity index (χ0n) is 14.7. The molecular weight excluding hydrogens is 431 g/mol. The quantitative estimate of drug-likeness (QED) is 0.486. The lowest BCUT2D eigenvalue weighted by Crippen LogP contribution is -2.40. The molecule has 0 aromatic heterocycles. The van der Waals surface area contributed by atoms with Gasteiger partial charge >= 0.3 is 18.1 Å². The summed E-state index contributed by atoms with van der Waals surface area (Å²) in [7, 11) is -4.79. The number of aromatic hydroxyl groups is 2. The highest BCUT2D eigenvalue weighted by Crippen LogP contribution is 2.36. The summed E-state index contributed by atoms with van der Waals surface area (Å²) in [6.07, 6.45) is -5.38. The van der Waals surface area contributed by atoms with E-state index in [0.29, 0.717) is 11.1 Å². The molecule has 30 heavy (non-hydrogen) atoms. The van der Waals surface area contributed by atoms with E-state index < -0.39 is 38.7 Å². The van der Waals surface area contributed by atoms with Gasteiger partial charge in [0.05, 0.1) is 10.5 Å². The van der Waals surface area contributed by atoms with Crippen LogP contribution in [-0.4, -0.2) is 43.3 Å². The summed E-state index contributed by atoms with van der Waals surface area (Å²) in [6.45, 7) is -0.153. The van der Waals surface area contributed by atoms with Gasteiger partial charge in [0.1, 0.15) is 6.61 Å². The SMILES string of the molecule is O=C1OCC(c2ccc(O)c(O)c2)=C1c1ccc(S(=O)(=O)NC(=O)C(F)(F)F)cc1. The predicted molar refractivity (Wildman–Crippen MR) is 95.4 cm³/mol. The number of carbonyl (C=O) groups excluding carboxylic acids is 2. The van der Waals surface area contributed by atoms with Crippen molar-refractivity contribution in [3.63, 3.8) is 0 Å². The maximum Gasteiger partial charge on any atom is 0.472 e. The molecule has 0 radical (unpaired) electrons. The Hall–Kier alpha value is -3.54. The monoisotopic (exact) mass is 443 g/mol. The van der Waals surface area contributed by atoms with E-state index in [1.165, 1.54) is 18.2 Å². The van der Waals surface area contributed by atoms with Crippen molar-refractivity contribution in [2.24, 2.45) is 0 Å². The van der Waals surface area contributed by atoms with Crippen LogP contribution in [0, 0.1) is 0 Å². The summed E-state index contributed by atoms with van der Waals surface area (Å²) in [6, 6.07) is 8.01. The number of sulfonamides is 1. The van der Waals surface area contributed by atoms with E-state index in [2.05, 4.69) is 0 Å². The van der Waals surface area contributed by atoms with Gasteiger partial charge in [0.15, 0.2) is 11.5 Å². The van der Waals surface area contributed by atoms with E-state index in [1.54, 1.807) is 0 Å².